The Morgan fingerprint density at radius 1 is 1.25 bits per heavy atom. The summed E-state index contributed by atoms with van der Waals surface area (Å²) in [5, 5.41) is 13.5. The molecule has 0 aliphatic carbocycles. The van der Waals surface area contributed by atoms with Crippen LogP contribution >= 0.6 is 11.8 Å². The lowest BCUT2D eigenvalue weighted by molar-refractivity contribution is 0.161. The van der Waals surface area contributed by atoms with Crippen molar-refractivity contribution in [3.63, 3.8) is 0 Å². The highest BCUT2D eigenvalue weighted by Gasteiger charge is 2.12. The number of aliphatic hydroxyl groups excluding tert-OH is 1. The smallest absolute Gasteiger partial charge is 0.159 e. The van der Waals surface area contributed by atoms with E-state index in [0.717, 1.165) is 31.5 Å². The maximum absolute atomic E-state index is 13.4. The van der Waals surface area contributed by atoms with Crippen molar-refractivity contribution in [3.05, 3.63) is 35.4 Å². The second kappa shape index (κ2) is 14.0. The number of halogens is 2. The number of rotatable bonds is 8. The third kappa shape index (κ3) is 10.5. The number of hydrogen-bond acceptors (Lipinski definition) is 5. The molecule has 1 heterocycles. The quantitative estimate of drug-likeness (QED) is 0.288. The fourth-order valence-electron chi connectivity index (χ4n) is 2.60. The molecule has 28 heavy (non-hydrogen) atoms. The summed E-state index contributed by atoms with van der Waals surface area (Å²) in [4.78, 5) is 6.80. The molecule has 0 amide bonds. The summed E-state index contributed by atoms with van der Waals surface area (Å²) in [5.74, 6) is -1.37. The molecule has 0 spiro atoms. The molecule has 2 N–H and O–H groups in total. The third-order valence-corrected chi connectivity index (χ3v) is 5.26. The Kier molecular flexibility index (Phi) is 12.5. The number of nitrogens with zero attached hydrogens (tertiary/aromatic N) is 2. The largest absolute Gasteiger partial charge is 0.378 e. The number of thioether (sulfide) groups is 1. The molecule has 1 fully saturated rings. The first-order valence-electron chi connectivity index (χ1n) is 10.1. The van der Waals surface area contributed by atoms with Gasteiger partial charge in [0.2, 0.25) is 0 Å². The highest BCUT2D eigenvalue weighted by Crippen LogP contribution is 2.18. The van der Waals surface area contributed by atoms with Crippen molar-refractivity contribution in [2.75, 3.05) is 32.4 Å². The van der Waals surface area contributed by atoms with E-state index in [9.17, 15) is 13.9 Å². The van der Waals surface area contributed by atoms with Gasteiger partial charge in [0.1, 0.15) is 6.23 Å². The van der Waals surface area contributed by atoms with Crippen LogP contribution in [0.15, 0.2) is 23.2 Å². The van der Waals surface area contributed by atoms with E-state index in [-0.39, 0.29) is 6.04 Å². The molecule has 2 rings (SSSR count). The van der Waals surface area contributed by atoms with Crippen LogP contribution in [0.25, 0.3) is 0 Å². The fourth-order valence-corrected chi connectivity index (χ4v) is 3.61. The number of unbranched alkanes of at least 4 members (excludes halogenated alkanes) is 1. The van der Waals surface area contributed by atoms with Gasteiger partial charge < -0.3 is 10.0 Å². The Bertz CT molecular complexity index is 593. The minimum atomic E-state index is -0.892. The topological polar surface area (TPSA) is 47.9 Å². The zero-order valence-electron chi connectivity index (χ0n) is 17.5. The Hall–Kier alpha value is -1.02. The maximum atomic E-state index is 13.4. The zero-order chi connectivity index (χ0) is 20.9. The lowest BCUT2D eigenvalue weighted by atomic mass is 10.2. The molecule has 1 aliphatic rings. The predicted molar refractivity (Wildman–Crippen MR) is 116 cm³/mol. The van der Waals surface area contributed by atoms with E-state index < -0.39 is 17.9 Å². The summed E-state index contributed by atoms with van der Waals surface area (Å²) >= 11 is 1.33. The molecule has 0 bridgehead atoms. The first kappa shape index (κ1) is 25.0. The molecule has 0 saturated carbocycles. The molecule has 0 aromatic heterocycles. The van der Waals surface area contributed by atoms with E-state index in [4.69, 9.17) is 0 Å². The first-order chi connectivity index (χ1) is 13.3. The van der Waals surface area contributed by atoms with Crippen LogP contribution in [0.2, 0.25) is 0 Å². The van der Waals surface area contributed by atoms with Crippen LogP contribution in [0.4, 0.5) is 8.78 Å². The van der Waals surface area contributed by atoms with E-state index in [1.807, 2.05) is 13.8 Å². The summed E-state index contributed by atoms with van der Waals surface area (Å²) in [5.41, 5.74) is 0.526. The van der Waals surface area contributed by atoms with Gasteiger partial charge in [-0.1, -0.05) is 13.3 Å². The molecule has 1 unspecified atom stereocenters. The highest BCUT2D eigenvalue weighted by molar-refractivity contribution is 8.14. The van der Waals surface area contributed by atoms with Crippen molar-refractivity contribution in [2.24, 2.45) is 4.99 Å². The minimum absolute atomic E-state index is 0.0285. The van der Waals surface area contributed by atoms with Crippen molar-refractivity contribution in [1.29, 1.82) is 0 Å². The van der Waals surface area contributed by atoms with E-state index >= 15 is 0 Å². The van der Waals surface area contributed by atoms with Crippen molar-refractivity contribution >= 4 is 16.8 Å². The van der Waals surface area contributed by atoms with E-state index in [1.165, 1.54) is 43.8 Å². The first-order valence-corrected chi connectivity index (χ1v) is 11.1. The normalized spacial score (nSPS) is 16.2. The SMILES string of the molecule is CCCCNC(O)CSC(=NC(C)C)c1ccc(F)c(F)c1.CN1CCCC1. The van der Waals surface area contributed by atoms with E-state index in [1.54, 1.807) is 0 Å². The van der Waals surface area contributed by atoms with E-state index in [0.29, 0.717) is 16.4 Å². The Balaban J connectivity index is 0.000000552. The molecular formula is C21H35F2N3OS. The maximum Gasteiger partial charge on any atom is 0.159 e. The fraction of sp³-hybridized carbons (Fsp3) is 0.667. The average molecular weight is 416 g/mol. The van der Waals surface area contributed by atoms with Crippen LogP contribution in [-0.4, -0.2) is 59.8 Å². The second-order valence-corrected chi connectivity index (χ2v) is 8.31. The summed E-state index contributed by atoms with van der Waals surface area (Å²) in [6, 6.07) is 3.77. The van der Waals surface area contributed by atoms with Crippen molar-refractivity contribution < 1.29 is 13.9 Å². The summed E-state index contributed by atoms with van der Waals surface area (Å²) < 4.78 is 26.4. The van der Waals surface area contributed by atoms with Gasteiger partial charge in [-0.2, -0.15) is 0 Å². The third-order valence-electron chi connectivity index (χ3n) is 4.16. The van der Waals surface area contributed by atoms with Crippen LogP contribution in [0, 0.1) is 11.6 Å². The van der Waals surface area contributed by atoms with Gasteiger partial charge in [-0.05, 0) is 78.0 Å². The molecule has 1 saturated heterocycles. The summed E-state index contributed by atoms with van der Waals surface area (Å²) in [6.45, 7) is 9.30. The standard InChI is InChI=1S/C16H24F2N2OS.C5H11N/c1-4-5-8-19-15(21)10-22-16(20-11(2)3)12-6-7-13(17)14(18)9-12;1-6-4-2-3-5-6/h6-7,9,11,15,19,21H,4-5,8,10H2,1-3H3;2-5H2,1H3. The van der Waals surface area contributed by atoms with Crippen LogP contribution < -0.4 is 5.32 Å². The predicted octanol–water partition coefficient (Wildman–Crippen LogP) is 4.27. The molecule has 7 heteroatoms. The van der Waals surface area contributed by atoms with Gasteiger partial charge in [-0.3, -0.25) is 10.3 Å². The summed E-state index contributed by atoms with van der Waals surface area (Å²) in [6.07, 6.45) is 4.23. The molecule has 1 atom stereocenters. The lowest BCUT2D eigenvalue weighted by Gasteiger charge is -2.14. The van der Waals surface area contributed by atoms with Crippen molar-refractivity contribution in [1.82, 2.24) is 10.2 Å². The number of benzene rings is 1. The van der Waals surface area contributed by atoms with E-state index in [2.05, 4.69) is 29.2 Å². The van der Waals surface area contributed by atoms with Crippen molar-refractivity contribution in [2.45, 2.75) is 58.7 Å². The number of aliphatic hydroxyl groups is 1. The molecule has 0 radical (unpaired) electrons. The minimum Gasteiger partial charge on any atom is -0.378 e. The van der Waals surface area contributed by atoms with Gasteiger partial charge in [0, 0.05) is 17.4 Å². The van der Waals surface area contributed by atoms with Gasteiger partial charge in [-0.15, -0.1) is 11.8 Å². The molecule has 160 valence electrons. The Morgan fingerprint density at radius 3 is 2.43 bits per heavy atom. The molecule has 1 aromatic carbocycles. The number of nitrogens with one attached hydrogen (secondary N) is 1. The highest BCUT2D eigenvalue weighted by atomic mass is 32.2. The van der Waals surface area contributed by atoms with Gasteiger partial charge in [0.15, 0.2) is 11.6 Å². The molecular weight excluding hydrogens is 380 g/mol. The Morgan fingerprint density at radius 2 is 1.93 bits per heavy atom. The molecule has 4 nitrogen and oxygen atoms in total. The number of likely N-dealkylation sites (tertiary alicyclic amines) is 1. The Labute approximate surface area is 172 Å². The van der Waals surface area contributed by atoms with Crippen LogP contribution in [0.3, 0.4) is 0 Å². The molecule has 1 aromatic rings. The van der Waals surface area contributed by atoms with Crippen molar-refractivity contribution in [3.8, 4) is 0 Å². The molecule has 1 aliphatic heterocycles. The van der Waals surface area contributed by atoms with Crippen LogP contribution in [0.1, 0.15) is 52.0 Å². The average Bonchev–Trinajstić information content (AvgIpc) is 3.12. The second-order valence-electron chi connectivity index (χ2n) is 7.30. The van der Waals surface area contributed by atoms with Crippen LogP contribution in [-0.2, 0) is 0 Å². The van der Waals surface area contributed by atoms with Crippen LogP contribution in [0.5, 0.6) is 0 Å². The van der Waals surface area contributed by atoms with Gasteiger partial charge in [-0.25, -0.2) is 8.78 Å². The van der Waals surface area contributed by atoms with Gasteiger partial charge >= 0.3 is 0 Å². The summed E-state index contributed by atoms with van der Waals surface area (Å²) in [7, 11) is 2.17. The number of aliphatic imine (C=N–C) groups is 1. The lowest BCUT2D eigenvalue weighted by Crippen LogP contribution is -2.32. The zero-order valence-corrected chi connectivity index (χ0v) is 18.4. The van der Waals surface area contributed by atoms with Gasteiger partial charge in [0.05, 0.1) is 5.04 Å². The number of hydrogen-bond donors (Lipinski definition) is 2. The van der Waals surface area contributed by atoms with Gasteiger partial charge in [0.25, 0.3) is 0 Å². The monoisotopic (exact) mass is 415 g/mol.